The second-order valence-corrected chi connectivity index (χ2v) is 7.62. The molecule has 1 fully saturated rings. The van der Waals surface area contributed by atoms with E-state index < -0.39 is 0 Å². The van der Waals surface area contributed by atoms with Crippen LogP contribution in [0.2, 0.25) is 0 Å². The van der Waals surface area contributed by atoms with E-state index in [0.717, 1.165) is 66.3 Å². The molecule has 1 aliphatic heterocycles. The number of amides is 1. The Labute approximate surface area is 170 Å². The molecule has 1 unspecified atom stereocenters. The zero-order valence-corrected chi connectivity index (χ0v) is 17.1. The van der Waals surface area contributed by atoms with Gasteiger partial charge in [-0.05, 0) is 58.6 Å². The number of pyridine rings is 1. The van der Waals surface area contributed by atoms with Crippen molar-refractivity contribution in [2.45, 2.75) is 52.5 Å². The fourth-order valence-corrected chi connectivity index (χ4v) is 3.97. The van der Waals surface area contributed by atoms with Crippen LogP contribution in [0.4, 0.5) is 0 Å². The second-order valence-electron chi connectivity index (χ2n) is 7.62. The van der Waals surface area contributed by atoms with Gasteiger partial charge in [-0.2, -0.15) is 0 Å². The maximum atomic E-state index is 12.9. The molecule has 1 aliphatic rings. The molecule has 3 aromatic heterocycles. The van der Waals surface area contributed by atoms with E-state index >= 15 is 0 Å². The van der Waals surface area contributed by atoms with Gasteiger partial charge < -0.3 is 9.42 Å². The SMILES string of the molecule is Cc1ccc(C(=O)N2CCCC2CCc2cncc(-c3c(C)noc3C)n2)cn1. The Morgan fingerprint density at radius 2 is 2.07 bits per heavy atom. The third-order valence-electron chi connectivity index (χ3n) is 5.50. The van der Waals surface area contributed by atoms with Gasteiger partial charge in [-0.25, -0.2) is 4.98 Å². The van der Waals surface area contributed by atoms with E-state index in [4.69, 9.17) is 9.51 Å². The first-order valence-electron chi connectivity index (χ1n) is 10.0. The molecule has 4 heterocycles. The summed E-state index contributed by atoms with van der Waals surface area (Å²) in [6.45, 7) is 6.50. The summed E-state index contributed by atoms with van der Waals surface area (Å²) in [7, 11) is 0. The number of hydrogen-bond donors (Lipinski definition) is 0. The van der Waals surface area contributed by atoms with E-state index in [1.54, 1.807) is 18.6 Å². The molecule has 0 spiro atoms. The van der Waals surface area contributed by atoms with Crippen LogP contribution in [-0.4, -0.2) is 43.5 Å². The number of carbonyl (C=O) groups excluding carboxylic acids is 1. The van der Waals surface area contributed by atoms with Gasteiger partial charge in [-0.3, -0.25) is 14.8 Å². The fourth-order valence-electron chi connectivity index (χ4n) is 3.97. The predicted octanol–water partition coefficient (Wildman–Crippen LogP) is 3.69. The third kappa shape index (κ3) is 4.04. The molecule has 29 heavy (non-hydrogen) atoms. The minimum atomic E-state index is 0.0653. The Hall–Kier alpha value is -3.09. The van der Waals surface area contributed by atoms with Gasteiger partial charge in [-0.15, -0.1) is 0 Å². The van der Waals surface area contributed by atoms with Gasteiger partial charge in [0.25, 0.3) is 5.91 Å². The molecule has 0 N–H and O–H groups in total. The van der Waals surface area contributed by atoms with Crippen molar-refractivity contribution in [3.05, 3.63) is 59.1 Å². The summed E-state index contributed by atoms with van der Waals surface area (Å²) >= 11 is 0. The van der Waals surface area contributed by atoms with Crippen molar-refractivity contribution < 1.29 is 9.32 Å². The minimum Gasteiger partial charge on any atom is -0.361 e. The topological polar surface area (TPSA) is 85.0 Å². The minimum absolute atomic E-state index is 0.0653. The number of aromatic nitrogens is 4. The highest BCUT2D eigenvalue weighted by Gasteiger charge is 2.29. The molecule has 4 rings (SSSR count). The number of hydrogen-bond acceptors (Lipinski definition) is 6. The lowest BCUT2D eigenvalue weighted by Gasteiger charge is -2.24. The first kappa shape index (κ1) is 19.2. The normalized spacial score (nSPS) is 16.4. The van der Waals surface area contributed by atoms with Crippen molar-refractivity contribution in [1.29, 1.82) is 0 Å². The summed E-state index contributed by atoms with van der Waals surface area (Å²) in [4.78, 5) is 28.3. The van der Waals surface area contributed by atoms with Crippen LogP contribution in [0.15, 0.2) is 35.2 Å². The van der Waals surface area contributed by atoms with Crippen molar-refractivity contribution in [3.8, 4) is 11.3 Å². The lowest BCUT2D eigenvalue weighted by atomic mass is 10.1. The lowest BCUT2D eigenvalue weighted by Crippen LogP contribution is -2.36. The van der Waals surface area contributed by atoms with E-state index in [0.29, 0.717) is 5.56 Å². The standard InChI is InChI=1S/C22H25N5O2/c1-14-6-7-17(11-24-14)22(28)27-10-4-5-19(27)9-8-18-12-23-13-20(25-18)21-15(2)26-29-16(21)3/h6-7,11-13,19H,4-5,8-10H2,1-3H3. The van der Waals surface area contributed by atoms with Crippen molar-refractivity contribution >= 4 is 5.91 Å². The van der Waals surface area contributed by atoms with E-state index in [-0.39, 0.29) is 11.9 Å². The van der Waals surface area contributed by atoms with Crippen LogP contribution in [0.25, 0.3) is 11.3 Å². The van der Waals surface area contributed by atoms with E-state index in [2.05, 4.69) is 15.1 Å². The summed E-state index contributed by atoms with van der Waals surface area (Å²) in [5, 5.41) is 4.00. The summed E-state index contributed by atoms with van der Waals surface area (Å²) in [6.07, 6.45) is 8.89. The van der Waals surface area contributed by atoms with Crippen molar-refractivity contribution in [2.75, 3.05) is 6.54 Å². The smallest absolute Gasteiger partial charge is 0.255 e. The number of rotatable bonds is 5. The molecule has 3 aromatic rings. The second kappa shape index (κ2) is 8.11. The van der Waals surface area contributed by atoms with Crippen molar-refractivity contribution in [1.82, 2.24) is 25.0 Å². The molecule has 0 saturated carbocycles. The van der Waals surface area contributed by atoms with Gasteiger partial charge in [0.05, 0.1) is 34.4 Å². The van der Waals surface area contributed by atoms with Crippen LogP contribution < -0.4 is 0 Å². The van der Waals surface area contributed by atoms with Gasteiger partial charge in [-0.1, -0.05) is 5.16 Å². The Bertz CT molecular complexity index is 993. The van der Waals surface area contributed by atoms with Gasteiger partial charge in [0, 0.05) is 30.7 Å². The quantitative estimate of drug-likeness (QED) is 0.659. The number of nitrogens with zero attached hydrogens (tertiary/aromatic N) is 5. The van der Waals surface area contributed by atoms with Gasteiger partial charge in [0.15, 0.2) is 0 Å². The Morgan fingerprint density at radius 3 is 2.79 bits per heavy atom. The molecule has 7 heteroatoms. The van der Waals surface area contributed by atoms with Crippen LogP contribution in [0.5, 0.6) is 0 Å². The summed E-state index contributed by atoms with van der Waals surface area (Å²) in [5.41, 5.74) is 4.98. The molecule has 0 radical (unpaired) electrons. The van der Waals surface area contributed by atoms with Crippen LogP contribution in [0, 0.1) is 20.8 Å². The zero-order chi connectivity index (χ0) is 20.4. The molecular formula is C22H25N5O2. The molecule has 0 aliphatic carbocycles. The van der Waals surface area contributed by atoms with Crippen LogP contribution in [0.3, 0.4) is 0 Å². The van der Waals surface area contributed by atoms with Gasteiger partial charge >= 0.3 is 0 Å². The maximum absolute atomic E-state index is 12.9. The summed E-state index contributed by atoms with van der Waals surface area (Å²) < 4.78 is 5.25. The highest BCUT2D eigenvalue weighted by atomic mass is 16.5. The molecule has 1 atom stereocenters. The van der Waals surface area contributed by atoms with Crippen LogP contribution in [0.1, 0.15) is 52.5 Å². The first-order chi connectivity index (χ1) is 14.0. The average Bonchev–Trinajstić information content (AvgIpc) is 3.33. The molecular weight excluding hydrogens is 366 g/mol. The first-order valence-corrected chi connectivity index (χ1v) is 10.0. The van der Waals surface area contributed by atoms with Crippen LogP contribution >= 0.6 is 0 Å². The average molecular weight is 391 g/mol. The monoisotopic (exact) mass is 391 g/mol. The molecule has 7 nitrogen and oxygen atoms in total. The van der Waals surface area contributed by atoms with Crippen molar-refractivity contribution in [3.63, 3.8) is 0 Å². The zero-order valence-electron chi connectivity index (χ0n) is 17.1. The number of likely N-dealkylation sites (tertiary alicyclic amines) is 1. The molecule has 150 valence electrons. The molecule has 1 saturated heterocycles. The van der Waals surface area contributed by atoms with E-state index in [1.807, 2.05) is 37.8 Å². The highest BCUT2D eigenvalue weighted by molar-refractivity contribution is 5.94. The summed E-state index contributed by atoms with van der Waals surface area (Å²) in [5.74, 6) is 0.809. The number of carbonyl (C=O) groups is 1. The molecule has 1 amide bonds. The molecule has 0 bridgehead atoms. The number of aryl methyl sites for hydroxylation is 4. The van der Waals surface area contributed by atoms with Gasteiger partial charge in [0.1, 0.15) is 5.76 Å². The van der Waals surface area contributed by atoms with Crippen LogP contribution in [-0.2, 0) is 6.42 Å². The maximum Gasteiger partial charge on any atom is 0.255 e. The van der Waals surface area contributed by atoms with Crippen molar-refractivity contribution in [2.24, 2.45) is 0 Å². The Kier molecular flexibility index (Phi) is 5.38. The predicted molar refractivity (Wildman–Crippen MR) is 108 cm³/mol. The Morgan fingerprint density at radius 1 is 1.21 bits per heavy atom. The van der Waals surface area contributed by atoms with E-state index in [9.17, 15) is 4.79 Å². The third-order valence-corrected chi connectivity index (χ3v) is 5.50. The van der Waals surface area contributed by atoms with E-state index in [1.165, 1.54) is 0 Å². The molecule has 0 aromatic carbocycles. The van der Waals surface area contributed by atoms with Gasteiger partial charge in [0.2, 0.25) is 0 Å². The largest absolute Gasteiger partial charge is 0.361 e. The highest BCUT2D eigenvalue weighted by Crippen LogP contribution is 2.26. The lowest BCUT2D eigenvalue weighted by molar-refractivity contribution is 0.0730. The fraction of sp³-hybridized carbons (Fsp3) is 0.409. The Balaban J connectivity index is 1.45. The summed E-state index contributed by atoms with van der Waals surface area (Å²) in [6, 6.07) is 3.96.